The summed E-state index contributed by atoms with van der Waals surface area (Å²) in [7, 11) is 1.29. The van der Waals surface area contributed by atoms with E-state index in [0.717, 1.165) is 0 Å². The Balaban J connectivity index is 3.21. The van der Waals surface area contributed by atoms with Gasteiger partial charge in [0.05, 0.1) is 42.2 Å². The number of rotatable bonds is 10. The molecule has 0 saturated heterocycles. The first kappa shape index (κ1) is 19.2. The molecule has 0 aliphatic rings. The molecule has 0 atom stereocenters. The molecule has 0 aliphatic heterocycles. The molecule has 0 bridgehead atoms. The molecule has 114 valence electrons. The van der Waals surface area contributed by atoms with Crippen LogP contribution in [0.15, 0.2) is 0 Å². The smallest absolute Gasteiger partial charge is 0.407 e. The van der Waals surface area contributed by atoms with Gasteiger partial charge in [0.15, 0.2) is 0 Å². The van der Waals surface area contributed by atoms with Gasteiger partial charge in [0.25, 0.3) is 0 Å². The van der Waals surface area contributed by atoms with Gasteiger partial charge in [-0.2, -0.15) is 0 Å². The van der Waals surface area contributed by atoms with Crippen LogP contribution in [0, 0.1) is 0 Å². The van der Waals surface area contributed by atoms with Crippen molar-refractivity contribution in [1.82, 2.24) is 5.32 Å². The van der Waals surface area contributed by atoms with Crippen molar-refractivity contribution in [2.75, 3.05) is 39.6 Å². The second kappa shape index (κ2) is 12.0. The van der Waals surface area contributed by atoms with Crippen LogP contribution in [-0.4, -0.2) is 51.3 Å². The minimum atomic E-state index is -0.475. The lowest BCUT2D eigenvalue weighted by molar-refractivity contribution is 0.0345. The largest absolute Gasteiger partial charge is 0.444 e. The lowest BCUT2D eigenvalue weighted by Crippen LogP contribution is -2.34. The van der Waals surface area contributed by atoms with E-state index in [9.17, 15) is 4.79 Å². The predicted molar refractivity (Wildman–Crippen MR) is 83.4 cm³/mol. The van der Waals surface area contributed by atoms with E-state index in [1.807, 2.05) is 20.8 Å². The van der Waals surface area contributed by atoms with Crippen LogP contribution in [0.1, 0.15) is 20.8 Å². The minimum Gasteiger partial charge on any atom is -0.444 e. The van der Waals surface area contributed by atoms with Gasteiger partial charge in [0.2, 0.25) is 0 Å². The Hall–Kier alpha value is 0.230. The molecule has 1 amide bonds. The van der Waals surface area contributed by atoms with Crippen LogP contribution in [0.4, 0.5) is 4.79 Å². The van der Waals surface area contributed by atoms with E-state index < -0.39 is 11.7 Å². The Kier molecular flexibility index (Phi) is 12.2. The molecular weight excluding hydrogens is 385 g/mol. The van der Waals surface area contributed by atoms with Gasteiger partial charge in [-0.3, -0.25) is 0 Å². The van der Waals surface area contributed by atoms with E-state index in [1.165, 1.54) is 9.21 Å². The Morgan fingerprint density at radius 1 is 1.11 bits per heavy atom. The van der Waals surface area contributed by atoms with E-state index in [4.69, 9.17) is 18.4 Å². The minimum absolute atomic E-state index is 0.420. The average Bonchev–Trinajstić information content (AvgIpc) is 2.29. The Bertz CT molecular complexity index is 238. The molecule has 0 radical (unpaired) electrons. The lowest BCUT2D eigenvalue weighted by atomic mass is 10.2. The van der Waals surface area contributed by atoms with Crippen molar-refractivity contribution in [2.24, 2.45) is 0 Å². The van der Waals surface area contributed by atoms with Gasteiger partial charge in [-0.25, -0.2) is 4.79 Å². The van der Waals surface area contributed by atoms with Gasteiger partial charge in [-0.05, 0) is 20.8 Å². The number of hydrogen-bond acceptors (Lipinski definition) is 6. The van der Waals surface area contributed by atoms with Crippen LogP contribution in [0.25, 0.3) is 0 Å². The normalized spacial score (nSPS) is 11.4. The Morgan fingerprint density at radius 3 is 2.26 bits per heavy atom. The van der Waals surface area contributed by atoms with Crippen molar-refractivity contribution < 1.29 is 23.2 Å². The van der Waals surface area contributed by atoms with Crippen molar-refractivity contribution in [1.29, 1.82) is 0 Å². The first-order valence-electron chi connectivity index (χ1n) is 5.98. The molecular formula is C11H22INO5S. The quantitative estimate of drug-likeness (QED) is 0.341. The van der Waals surface area contributed by atoms with Crippen molar-refractivity contribution in [3.05, 3.63) is 0 Å². The molecule has 0 heterocycles. The number of carbonyl (C=O) groups is 1. The SMILES string of the molecule is CC(C)(C)OC(=O)NCCOCCOCCOSI. The third-order valence-corrected chi connectivity index (χ3v) is 2.66. The summed E-state index contributed by atoms with van der Waals surface area (Å²) >= 11 is 2.05. The highest BCUT2D eigenvalue weighted by Gasteiger charge is 2.15. The van der Waals surface area contributed by atoms with Crippen LogP contribution < -0.4 is 5.32 Å². The number of ether oxygens (including phenoxy) is 3. The summed E-state index contributed by atoms with van der Waals surface area (Å²) in [6.45, 7) is 8.44. The molecule has 0 aromatic heterocycles. The zero-order chi connectivity index (χ0) is 14.6. The molecule has 8 heteroatoms. The van der Waals surface area contributed by atoms with Gasteiger partial charge in [-0.15, -0.1) is 0 Å². The highest BCUT2D eigenvalue weighted by molar-refractivity contribution is 14.2. The van der Waals surface area contributed by atoms with Crippen LogP contribution >= 0.6 is 30.4 Å². The van der Waals surface area contributed by atoms with E-state index in [1.54, 1.807) is 0 Å². The molecule has 0 rings (SSSR count). The fourth-order valence-corrected chi connectivity index (χ4v) is 1.66. The maximum absolute atomic E-state index is 11.3. The van der Waals surface area contributed by atoms with Crippen molar-refractivity contribution in [3.8, 4) is 0 Å². The summed E-state index contributed by atoms with van der Waals surface area (Å²) in [5.41, 5.74) is -0.475. The second-order valence-corrected chi connectivity index (χ2v) is 5.98. The molecule has 1 N–H and O–H groups in total. The van der Waals surface area contributed by atoms with Gasteiger partial charge >= 0.3 is 6.09 Å². The fourth-order valence-electron chi connectivity index (χ4n) is 0.986. The van der Waals surface area contributed by atoms with E-state index in [-0.39, 0.29) is 0 Å². The number of nitrogens with one attached hydrogen (secondary N) is 1. The molecule has 0 unspecified atom stereocenters. The van der Waals surface area contributed by atoms with Crippen molar-refractivity contribution in [3.63, 3.8) is 0 Å². The molecule has 6 nitrogen and oxygen atoms in total. The van der Waals surface area contributed by atoms with Gasteiger partial charge in [0.1, 0.15) is 5.60 Å². The first-order valence-corrected chi connectivity index (χ1v) is 9.26. The zero-order valence-electron chi connectivity index (χ0n) is 11.6. The summed E-state index contributed by atoms with van der Waals surface area (Å²) < 4.78 is 20.6. The van der Waals surface area contributed by atoms with E-state index in [2.05, 4.69) is 26.5 Å². The number of alkyl carbamates (subject to hydrolysis) is 1. The number of amides is 1. The molecule has 0 aliphatic carbocycles. The molecule has 0 spiro atoms. The predicted octanol–water partition coefficient (Wildman–Crippen LogP) is 2.56. The maximum Gasteiger partial charge on any atom is 0.407 e. The number of halogens is 1. The van der Waals surface area contributed by atoms with Crippen LogP contribution in [0.5, 0.6) is 0 Å². The molecule has 19 heavy (non-hydrogen) atoms. The average molecular weight is 407 g/mol. The second-order valence-electron chi connectivity index (χ2n) is 4.54. The Labute approximate surface area is 131 Å². The number of carbonyl (C=O) groups excluding carboxylic acids is 1. The summed E-state index contributed by atoms with van der Waals surface area (Å²) in [6.07, 6.45) is -0.430. The standard InChI is InChI=1S/C11H22INO5S/c1-11(2,3)18-10(14)13-4-5-15-6-7-16-8-9-17-19-12/h4-9H2,1-3H3,(H,13,14). The van der Waals surface area contributed by atoms with Crippen LogP contribution in [-0.2, 0) is 18.4 Å². The van der Waals surface area contributed by atoms with Crippen molar-refractivity contribution in [2.45, 2.75) is 26.4 Å². The van der Waals surface area contributed by atoms with E-state index >= 15 is 0 Å². The highest BCUT2D eigenvalue weighted by atomic mass is 127. The zero-order valence-corrected chi connectivity index (χ0v) is 14.5. The summed E-state index contributed by atoms with van der Waals surface area (Å²) in [5.74, 6) is 0. The summed E-state index contributed by atoms with van der Waals surface area (Å²) in [4.78, 5) is 11.3. The summed E-state index contributed by atoms with van der Waals surface area (Å²) in [5, 5.41) is 2.61. The summed E-state index contributed by atoms with van der Waals surface area (Å²) in [6, 6.07) is 0. The van der Waals surface area contributed by atoms with Crippen molar-refractivity contribution >= 4 is 36.5 Å². The topological polar surface area (TPSA) is 66.0 Å². The fraction of sp³-hybridized carbons (Fsp3) is 0.909. The van der Waals surface area contributed by atoms with E-state index in [0.29, 0.717) is 39.6 Å². The molecule has 0 fully saturated rings. The highest BCUT2D eigenvalue weighted by Crippen LogP contribution is 2.11. The third kappa shape index (κ3) is 16.2. The maximum atomic E-state index is 11.3. The Morgan fingerprint density at radius 2 is 1.68 bits per heavy atom. The van der Waals surface area contributed by atoms with Crippen LogP contribution in [0.3, 0.4) is 0 Å². The monoisotopic (exact) mass is 407 g/mol. The first-order chi connectivity index (χ1) is 8.95. The number of hydrogen-bond donors (Lipinski definition) is 1. The third-order valence-electron chi connectivity index (χ3n) is 1.64. The molecule has 0 aromatic carbocycles. The lowest BCUT2D eigenvalue weighted by Gasteiger charge is -2.19. The molecule has 0 aromatic rings. The molecule has 0 saturated carbocycles. The van der Waals surface area contributed by atoms with Gasteiger partial charge in [0, 0.05) is 27.8 Å². The van der Waals surface area contributed by atoms with Gasteiger partial charge in [-0.1, -0.05) is 0 Å². The van der Waals surface area contributed by atoms with Crippen LogP contribution in [0.2, 0.25) is 0 Å². The van der Waals surface area contributed by atoms with Gasteiger partial charge < -0.3 is 23.7 Å².